The third-order valence-electron chi connectivity index (χ3n) is 5.32. The number of carbonyl (C=O) groups is 2. The summed E-state index contributed by atoms with van der Waals surface area (Å²) in [5.41, 5.74) is 0.846. The molecule has 5 heteroatoms. The quantitative estimate of drug-likeness (QED) is 0.826. The maximum atomic E-state index is 12.7. The van der Waals surface area contributed by atoms with Crippen molar-refractivity contribution in [3.05, 3.63) is 23.9 Å². The molecule has 1 saturated carbocycles. The van der Waals surface area contributed by atoms with Crippen LogP contribution in [0.3, 0.4) is 0 Å². The Bertz CT molecular complexity index is 594. The average molecular weight is 345 g/mol. The first-order valence-electron chi connectivity index (χ1n) is 9.45. The summed E-state index contributed by atoms with van der Waals surface area (Å²) in [7, 11) is 0. The Hall–Kier alpha value is -1.91. The highest BCUT2D eigenvalue weighted by Crippen LogP contribution is 2.28. The molecule has 5 nitrogen and oxygen atoms in total. The van der Waals surface area contributed by atoms with Gasteiger partial charge in [-0.2, -0.15) is 0 Å². The van der Waals surface area contributed by atoms with E-state index in [4.69, 9.17) is 0 Å². The van der Waals surface area contributed by atoms with Crippen molar-refractivity contribution in [2.45, 2.75) is 65.8 Å². The standard InChI is InChI=1S/C20H31N3O2/c1-5-14(3)18(20(25)22-17-8-6-7-15(4)21-17)23-19(24)16-11-9-13(2)10-12-16/h6-8,13-14,16,18H,5,9-12H2,1-4H3,(H,23,24)(H,21,22,25). The van der Waals surface area contributed by atoms with Crippen molar-refractivity contribution >= 4 is 17.6 Å². The van der Waals surface area contributed by atoms with E-state index in [2.05, 4.69) is 22.5 Å². The van der Waals surface area contributed by atoms with Crippen LogP contribution < -0.4 is 10.6 Å². The van der Waals surface area contributed by atoms with Gasteiger partial charge in [0, 0.05) is 11.6 Å². The van der Waals surface area contributed by atoms with Gasteiger partial charge < -0.3 is 10.6 Å². The Morgan fingerprint density at radius 2 is 1.92 bits per heavy atom. The van der Waals surface area contributed by atoms with E-state index in [0.717, 1.165) is 37.8 Å². The molecular formula is C20H31N3O2. The van der Waals surface area contributed by atoms with E-state index in [9.17, 15) is 9.59 Å². The highest BCUT2D eigenvalue weighted by atomic mass is 16.2. The van der Waals surface area contributed by atoms with Gasteiger partial charge in [0.05, 0.1) is 0 Å². The molecule has 2 amide bonds. The second kappa shape index (κ2) is 8.97. The number of pyridine rings is 1. The van der Waals surface area contributed by atoms with E-state index >= 15 is 0 Å². The number of aryl methyl sites for hydroxylation is 1. The third kappa shape index (κ3) is 5.55. The molecule has 1 aromatic heterocycles. The molecule has 1 fully saturated rings. The number of amides is 2. The van der Waals surface area contributed by atoms with Crippen LogP contribution >= 0.6 is 0 Å². The van der Waals surface area contributed by atoms with E-state index in [1.54, 1.807) is 6.07 Å². The molecule has 0 aromatic carbocycles. The lowest BCUT2D eigenvalue weighted by atomic mass is 9.82. The SMILES string of the molecule is CCC(C)C(NC(=O)C1CCC(C)CC1)C(=O)Nc1cccc(C)n1. The van der Waals surface area contributed by atoms with Crippen LogP contribution in [0.25, 0.3) is 0 Å². The summed E-state index contributed by atoms with van der Waals surface area (Å²) >= 11 is 0. The molecule has 0 radical (unpaired) electrons. The molecule has 1 aromatic rings. The second-order valence-corrected chi connectivity index (χ2v) is 7.48. The van der Waals surface area contributed by atoms with Gasteiger partial charge in [0.25, 0.3) is 0 Å². The van der Waals surface area contributed by atoms with E-state index < -0.39 is 6.04 Å². The number of anilines is 1. The number of hydrogen-bond acceptors (Lipinski definition) is 3. The van der Waals surface area contributed by atoms with Crippen molar-refractivity contribution in [2.75, 3.05) is 5.32 Å². The zero-order chi connectivity index (χ0) is 18.4. The molecule has 138 valence electrons. The minimum atomic E-state index is -0.529. The molecule has 1 aliphatic carbocycles. The predicted molar refractivity (Wildman–Crippen MR) is 100 cm³/mol. The van der Waals surface area contributed by atoms with Crippen LogP contribution in [-0.2, 0) is 9.59 Å². The van der Waals surface area contributed by atoms with Crippen LogP contribution in [0.1, 0.15) is 58.6 Å². The summed E-state index contributed by atoms with van der Waals surface area (Å²) < 4.78 is 0. The Morgan fingerprint density at radius 1 is 1.24 bits per heavy atom. The van der Waals surface area contributed by atoms with Gasteiger partial charge in [-0.25, -0.2) is 4.98 Å². The van der Waals surface area contributed by atoms with Gasteiger partial charge in [-0.05, 0) is 56.6 Å². The highest BCUT2D eigenvalue weighted by molar-refractivity contribution is 5.97. The van der Waals surface area contributed by atoms with Gasteiger partial charge in [0.2, 0.25) is 11.8 Å². The second-order valence-electron chi connectivity index (χ2n) is 7.48. The van der Waals surface area contributed by atoms with Crippen LogP contribution in [0.2, 0.25) is 0 Å². The molecule has 0 spiro atoms. The molecule has 2 unspecified atom stereocenters. The largest absolute Gasteiger partial charge is 0.344 e. The Balaban J connectivity index is 2.02. The molecule has 1 aliphatic rings. The number of aromatic nitrogens is 1. The van der Waals surface area contributed by atoms with Crippen LogP contribution in [0.4, 0.5) is 5.82 Å². The third-order valence-corrected chi connectivity index (χ3v) is 5.32. The fourth-order valence-corrected chi connectivity index (χ4v) is 3.31. The predicted octanol–water partition coefficient (Wildman–Crippen LogP) is 3.69. The van der Waals surface area contributed by atoms with Crippen molar-refractivity contribution < 1.29 is 9.59 Å². The maximum Gasteiger partial charge on any atom is 0.248 e. The Morgan fingerprint density at radius 3 is 2.52 bits per heavy atom. The number of hydrogen-bond donors (Lipinski definition) is 2. The molecule has 2 atom stereocenters. The van der Waals surface area contributed by atoms with Crippen molar-refractivity contribution in [1.29, 1.82) is 0 Å². The monoisotopic (exact) mass is 345 g/mol. The van der Waals surface area contributed by atoms with Gasteiger partial charge in [-0.15, -0.1) is 0 Å². The topological polar surface area (TPSA) is 71.1 Å². The summed E-state index contributed by atoms with van der Waals surface area (Å²) in [5, 5.41) is 5.86. The lowest BCUT2D eigenvalue weighted by Crippen LogP contribution is -2.50. The van der Waals surface area contributed by atoms with E-state index in [1.165, 1.54) is 0 Å². The van der Waals surface area contributed by atoms with E-state index in [0.29, 0.717) is 11.7 Å². The maximum absolute atomic E-state index is 12.7. The van der Waals surface area contributed by atoms with Gasteiger partial charge in [-0.1, -0.05) is 33.3 Å². The molecule has 0 saturated heterocycles. The molecule has 0 bridgehead atoms. The summed E-state index contributed by atoms with van der Waals surface area (Å²) in [4.78, 5) is 29.7. The van der Waals surface area contributed by atoms with Crippen molar-refractivity contribution in [2.24, 2.45) is 17.8 Å². The first-order chi connectivity index (χ1) is 11.9. The van der Waals surface area contributed by atoms with Crippen LogP contribution in [-0.4, -0.2) is 22.8 Å². The minimum Gasteiger partial charge on any atom is -0.344 e. The number of nitrogens with zero attached hydrogens (tertiary/aromatic N) is 1. The number of nitrogens with one attached hydrogen (secondary N) is 2. The molecule has 0 aliphatic heterocycles. The summed E-state index contributed by atoms with van der Waals surface area (Å²) in [6.45, 7) is 8.15. The fraction of sp³-hybridized carbons (Fsp3) is 0.650. The average Bonchev–Trinajstić information content (AvgIpc) is 2.59. The molecule has 2 rings (SSSR count). The zero-order valence-electron chi connectivity index (χ0n) is 15.8. The first kappa shape index (κ1) is 19.4. The van der Waals surface area contributed by atoms with Crippen LogP contribution in [0.15, 0.2) is 18.2 Å². The normalized spacial score (nSPS) is 22.7. The first-order valence-corrected chi connectivity index (χ1v) is 9.45. The van der Waals surface area contributed by atoms with E-state index in [1.807, 2.05) is 32.9 Å². The van der Waals surface area contributed by atoms with Crippen molar-refractivity contribution in [3.8, 4) is 0 Å². The summed E-state index contributed by atoms with van der Waals surface area (Å²) in [6.07, 6.45) is 4.83. The Kier molecular flexibility index (Phi) is 6.97. The summed E-state index contributed by atoms with van der Waals surface area (Å²) in [5.74, 6) is 1.16. The Labute approximate surface area is 151 Å². The van der Waals surface area contributed by atoms with Crippen molar-refractivity contribution in [3.63, 3.8) is 0 Å². The molecule has 2 N–H and O–H groups in total. The lowest BCUT2D eigenvalue weighted by Gasteiger charge is -2.29. The van der Waals surface area contributed by atoms with Gasteiger partial charge in [0.1, 0.15) is 11.9 Å². The molecular weight excluding hydrogens is 314 g/mol. The number of rotatable bonds is 6. The lowest BCUT2D eigenvalue weighted by molar-refractivity contribution is -0.131. The highest BCUT2D eigenvalue weighted by Gasteiger charge is 2.30. The fourth-order valence-electron chi connectivity index (χ4n) is 3.31. The van der Waals surface area contributed by atoms with Crippen LogP contribution in [0.5, 0.6) is 0 Å². The molecule has 1 heterocycles. The van der Waals surface area contributed by atoms with Crippen molar-refractivity contribution in [1.82, 2.24) is 10.3 Å². The smallest absolute Gasteiger partial charge is 0.248 e. The minimum absolute atomic E-state index is 0.0181. The van der Waals surface area contributed by atoms with Gasteiger partial charge >= 0.3 is 0 Å². The summed E-state index contributed by atoms with van der Waals surface area (Å²) in [6, 6.07) is 4.98. The van der Waals surface area contributed by atoms with E-state index in [-0.39, 0.29) is 23.7 Å². The van der Waals surface area contributed by atoms with Gasteiger partial charge in [0.15, 0.2) is 0 Å². The zero-order valence-corrected chi connectivity index (χ0v) is 15.8. The molecule has 25 heavy (non-hydrogen) atoms. The van der Waals surface area contributed by atoms with Gasteiger partial charge in [-0.3, -0.25) is 9.59 Å². The number of carbonyl (C=O) groups excluding carboxylic acids is 2. The van der Waals surface area contributed by atoms with Crippen LogP contribution in [0, 0.1) is 24.7 Å².